The number of carbonyl (C=O) groups excluding carboxylic acids is 2. The molecule has 0 heterocycles. The zero-order chi connectivity index (χ0) is 11.2. The number of rotatable bonds is 4. The molecule has 2 N–H and O–H groups in total. The van der Waals surface area contributed by atoms with Crippen LogP contribution in [0.3, 0.4) is 0 Å². The fourth-order valence-corrected chi connectivity index (χ4v) is 0.863. The Balaban J connectivity index is 4.25. The largest absolute Gasteiger partial charge is 0.516 e. The lowest BCUT2D eigenvalue weighted by molar-refractivity contribution is -0.146. The van der Waals surface area contributed by atoms with Crippen LogP contribution in [0.5, 0.6) is 0 Å². The minimum atomic E-state index is -1.09. The molecule has 0 aromatic rings. The number of hydrogen-bond acceptors (Lipinski definition) is 5. The van der Waals surface area contributed by atoms with E-state index in [-0.39, 0.29) is 6.61 Å². The predicted octanol–water partition coefficient (Wildman–Crippen LogP) is 1.20. The zero-order valence-electron chi connectivity index (χ0n) is 8.83. The van der Waals surface area contributed by atoms with E-state index in [1.807, 2.05) is 0 Å². The van der Waals surface area contributed by atoms with Crippen LogP contribution in [0.1, 0.15) is 33.6 Å². The van der Waals surface area contributed by atoms with E-state index < -0.39 is 17.7 Å². The van der Waals surface area contributed by atoms with E-state index in [0.29, 0.717) is 12.8 Å². The highest BCUT2D eigenvalue weighted by Gasteiger charge is 2.33. The van der Waals surface area contributed by atoms with Gasteiger partial charge in [0.15, 0.2) is 0 Å². The molecule has 82 valence electrons. The third-order valence-corrected chi connectivity index (χ3v) is 2.11. The summed E-state index contributed by atoms with van der Waals surface area (Å²) >= 11 is 0. The van der Waals surface area contributed by atoms with Gasteiger partial charge in [-0.3, -0.25) is 0 Å². The van der Waals surface area contributed by atoms with Gasteiger partial charge >= 0.3 is 12.1 Å². The Labute approximate surface area is 83.5 Å². The lowest BCUT2D eigenvalue weighted by Gasteiger charge is -2.22. The molecule has 0 aromatic carbocycles. The molecule has 0 aliphatic heterocycles. The molecule has 5 heteroatoms. The Morgan fingerprint density at radius 1 is 1.21 bits per heavy atom. The van der Waals surface area contributed by atoms with Crippen molar-refractivity contribution >= 4 is 12.1 Å². The maximum Gasteiger partial charge on any atom is 0.516 e. The summed E-state index contributed by atoms with van der Waals surface area (Å²) in [6, 6.07) is 0. The van der Waals surface area contributed by atoms with Crippen LogP contribution >= 0.6 is 0 Å². The minimum Gasteiger partial charge on any atom is -0.434 e. The van der Waals surface area contributed by atoms with Crippen LogP contribution in [0.25, 0.3) is 0 Å². The standard InChI is InChI=1S/C9H17NO4/c1-4-9(10,5-2)7(11)14-8(12)13-6-3/h4-6,10H2,1-3H3. The molecule has 0 aliphatic rings. The van der Waals surface area contributed by atoms with Gasteiger partial charge < -0.3 is 15.2 Å². The second-order valence-corrected chi connectivity index (χ2v) is 2.94. The lowest BCUT2D eigenvalue weighted by Crippen LogP contribution is -2.48. The van der Waals surface area contributed by atoms with E-state index >= 15 is 0 Å². The number of nitrogens with two attached hydrogens (primary N) is 1. The zero-order valence-corrected chi connectivity index (χ0v) is 8.83. The fraction of sp³-hybridized carbons (Fsp3) is 0.778. The van der Waals surface area contributed by atoms with Crippen molar-refractivity contribution in [2.75, 3.05) is 6.61 Å². The molecule has 0 spiro atoms. The Kier molecular flexibility index (Phi) is 5.15. The summed E-state index contributed by atoms with van der Waals surface area (Å²) in [5.41, 5.74) is 4.61. The SMILES string of the molecule is CCOC(=O)OC(=O)C(N)(CC)CC. The number of ether oxygens (including phenoxy) is 2. The summed E-state index contributed by atoms with van der Waals surface area (Å²) in [5.74, 6) is -0.735. The molecule has 0 saturated heterocycles. The average molecular weight is 203 g/mol. The number of hydrogen-bond donors (Lipinski definition) is 1. The van der Waals surface area contributed by atoms with E-state index in [9.17, 15) is 9.59 Å². The first-order valence-corrected chi connectivity index (χ1v) is 4.68. The predicted molar refractivity (Wildman–Crippen MR) is 50.6 cm³/mol. The molecule has 0 bridgehead atoms. The Morgan fingerprint density at radius 2 is 1.71 bits per heavy atom. The molecular weight excluding hydrogens is 186 g/mol. The highest BCUT2D eigenvalue weighted by molar-refractivity contribution is 5.88. The quantitative estimate of drug-likeness (QED) is 0.548. The van der Waals surface area contributed by atoms with E-state index in [4.69, 9.17) is 5.73 Å². The Hall–Kier alpha value is -1.10. The fourth-order valence-electron chi connectivity index (χ4n) is 0.863. The van der Waals surface area contributed by atoms with Gasteiger partial charge in [-0.25, -0.2) is 9.59 Å². The average Bonchev–Trinajstić information content (AvgIpc) is 2.16. The summed E-state index contributed by atoms with van der Waals surface area (Å²) in [6.45, 7) is 5.31. The van der Waals surface area contributed by atoms with Crippen molar-refractivity contribution < 1.29 is 19.1 Å². The molecule has 0 aliphatic carbocycles. The minimum absolute atomic E-state index is 0.169. The Bertz CT molecular complexity index is 211. The molecule has 0 amide bonds. The molecule has 14 heavy (non-hydrogen) atoms. The first-order chi connectivity index (χ1) is 6.50. The summed E-state index contributed by atoms with van der Waals surface area (Å²) in [7, 11) is 0. The summed E-state index contributed by atoms with van der Waals surface area (Å²) in [6.07, 6.45) is -0.155. The van der Waals surface area contributed by atoms with Gasteiger partial charge in [-0.2, -0.15) is 0 Å². The van der Waals surface area contributed by atoms with E-state index in [1.54, 1.807) is 20.8 Å². The molecule has 0 aromatic heterocycles. The van der Waals surface area contributed by atoms with Crippen molar-refractivity contribution in [2.24, 2.45) is 5.73 Å². The maximum absolute atomic E-state index is 11.4. The highest BCUT2D eigenvalue weighted by atomic mass is 16.7. The van der Waals surface area contributed by atoms with Crippen LogP contribution in [0, 0.1) is 0 Å². The van der Waals surface area contributed by atoms with Gasteiger partial charge in [0.25, 0.3) is 0 Å². The van der Waals surface area contributed by atoms with Crippen molar-refractivity contribution in [1.82, 2.24) is 0 Å². The van der Waals surface area contributed by atoms with Crippen LogP contribution in [-0.2, 0) is 14.3 Å². The second kappa shape index (κ2) is 5.59. The van der Waals surface area contributed by atoms with Crippen LogP contribution in [0.15, 0.2) is 0 Å². The van der Waals surface area contributed by atoms with Crippen molar-refractivity contribution in [3.8, 4) is 0 Å². The summed E-state index contributed by atoms with van der Waals surface area (Å²) in [5, 5.41) is 0. The van der Waals surface area contributed by atoms with Gasteiger partial charge in [-0.1, -0.05) is 13.8 Å². The van der Waals surface area contributed by atoms with Crippen molar-refractivity contribution in [2.45, 2.75) is 39.2 Å². The Morgan fingerprint density at radius 3 is 2.07 bits per heavy atom. The first-order valence-electron chi connectivity index (χ1n) is 4.68. The molecule has 0 atom stereocenters. The topological polar surface area (TPSA) is 78.6 Å². The molecule has 5 nitrogen and oxygen atoms in total. The van der Waals surface area contributed by atoms with Gasteiger partial charge in [0.2, 0.25) is 0 Å². The van der Waals surface area contributed by atoms with Crippen LogP contribution < -0.4 is 5.73 Å². The van der Waals surface area contributed by atoms with Gasteiger partial charge in [0.1, 0.15) is 5.54 Å². The van der Waals surface area contributed by atoms with Gasteiger partial charge in [0, 0.05) is 0 Å². The third-order valence-electron chi connectivity index (χ3n) is 2.11. The van der Waals surface area contributed by atoms with Crippen molar-refractivity contribution in [3.05, 3.63) is 0 Å². The van der Waals surface area contributed by atoms with Crippen LogP contribution in [-0.4, -0.2) is 24.3 Å². The van der Waals surface area contributed by atoms with Crippen molar-refractivity contribution in [3.63, 3.8) is 0 Å². The summed E-state index contributed by atoms with van der Waals surface area (Å²) < 4.78 is 8.87. The molecule has 0 unspecified atom stereocenters. The monoisotopic (exact) mass is 203 g/mol. The third kappa shape index (κ3) is 3.33. The highest BCUT2D eigenvalue weighted by Crippen LogP contribution is 2.13. The normalized spacial score (nSPS) is 10.9. The maximum atomic E-state index is 11.4. The van der Waals surface area contributed by atoms with Gasteiger partial charge in [-0.05, 0) is 19.8 Å². The summed E-state index contributed by atoms with van der Waals surface area (Å²) in [4.78, 5) is 22.2. The van der Waals surface area contributed by atoms with Crippen LogP contribution in [0.2, 0.25) is 0 Å². The van der Waals surface area contributed by atoms with E-state index in [2.05, 4.69) is 9.47 Å². The van der Waals surface area contributed by atoms with E-state index in [0.717, 1.165) is 0 Å². The van der Waals surface area contributed by atoms with E-state index in [1.165, 1.54) is 0 Å². The molecule has 0 fully saturated rings. The molecule has 0 radical (unpaired) electrons. The van der Waals surface area contributed by atoms with Gasteiger partial charge in [0.05, 0.1) is 6.61 Å². The first kappa shape index (κ1) is 12.9. The molecule has 0 saturated carbocycles. The number of carbonyl (C=O) groups is 2. The molecular formula is C9H17NO4. The second-order valence-electron chi connectivity index (χ2n) is 2.94. The smallest absolute Gasteiger partial charge is 0.434 e. The lowest BCUT2D eigenvalue weighted by atomic mass is 9.95. The van der Waals surface area contributed by atoms with Crippen LogP contribution in [0.4, 0.5) is 4.79 Å². The number of esters is 1. The van der Waals surface area contributed by atoms with Crippen molar-refractivity contribution in [1.29, 1.82) is 0 Å². The molecule has 0 rings (SSSR count). The van der Waals surface area contributed by atoms with Gasteiger partial charge in [-0.15, -0.1) is 0 Å².